The molecular formula is C29H27F2N3O8. The first-order chi connectivity index (χ1) is 20.1. The SMILES string of the molecule is COc1ccc2c(c1)O[C@@H](c1ccc(C(=O)NCCO)cn1)C[C@H]2NC(=O)[C@@]1(C)COc2cc3c(cc21)OC(F)(F)O3. The normalized spacial score (nSPS) is 22.7. The largest absolute Gasteiger partial charge is 0.586 e. The Balaban J connectivity index is 1.26. The molecule has 6 rings (SSSR count). The molecule has 2 aromatic carbocycles. The van der Waals surface area contributed by atoms with Gasteiger partial charge in [0, 0.05) is 42.4 Å². The maximum atomic E-state index is 13.9. The quantitative estimate of drug-likeness (QED) is 0.383. The molecule has 3 aromatic rings. The van der Waals surface area contributed by atoms with Gasteiger partial charge in [0.05, 0.1) is 31.0 Å². The number of methoxy groups -OCH3 is 1. The van der Waals surface area contributed by atoms with Crippen molar-refractivity contribution in [2.45, 2.75) is 37.2 Å². The van der Waals surface area contributed by atoms with Crippen LogP contribution in [0, 0.1) is 0 Å². The highest BCUT2D eigenvalue weighted by Crippen LogP contribution is 2.50. The van der Waals surface area contributed by atoms with Crippen LogP contribution in [0.5, 0.6) is 28.7 Å². The Labute approximate surface area is 238 Å². The number of nitrogens with zero attached hydrogens (tertiary/aromatic N) is 1. The number of carbonyl (C=O) groups is 2. The third-order valence-corrected chi connectivity index (χ3v) is 7.51. The number of hydrogen-bond acceptors (Lipinski definition) is 9. The lowest BCUT2D eigenvalue weighted by Crippen LogP contribution is -2.46. The molecule has 3 aliphatic rings. The first kappa shape index (κ1) is 27.5. The minimum Gasteiger partial charge on any atom is -0.497 e. The molecule has 3 N–H and O–H groups in total. The second kappa shape index (κ2) is 10.3. The number of amides is 2. The Morgan fingerprint density at radius 1 is 1.10 bits per heavy atom. The van der Waals surface area contributed by atoms with Crippen molar-refractivity contribution in [1.82, 2.24) is 15.6 Å². The number of alkyl halides is 2. The lowest BCUT2D eigenvalue weighted by molar-refractivity contribution is -0.286. The third kappa shape index (κ3) is 4.89. The Bertz CT molecular complexity index is 1550. The van der Waals surface area contributed by atoms with Crippen molar-refractivity contribution < 1.29 is 47.2 Å². The van der Waals surface area contributed by atoms with Crippen LogP contribution in [-0.4, -0.2) is 55.1 Å². The fourth-order valence-corrected chi connectivity index (χ4v) is 5.23. The Kier molecular flexibility index (Phi) is 6.76. The summed E-state index contributed by atoms with van der Waals surface area (Å²) in [5, 5.41) is 14.6. The van der Waals surface area contributed by atoms with E-state index in [1.807, 2.05) is 0 Å². The average molecular weight is 584 g/mol. The minimum absolute atomic E-state index is 0.0169. The Morgan fingerprint density at radius 3 is 2.60 bits per heavy atom. The van der Waals surface area contributed by atoms with Crippen LogP contribution < -0.4 is 34.3 Å². The molecule has 13 heteroatoms. The predicted molar refractivity (Wildman–Crippen MR) is 141 cm³/mol. The number of pyridine rings is 1. The van der Waals surface area contributed by atoms with E-state index in [4.69, 9.17) is 19.3 Å². The van der Waals surface area contributed by atoms with Crippen LogP contribution in [0.4, 0.5) is 8.78 Å². The number of aromatic nitrogens is 1. The van der Waals surface area contributed by atoms with Crippen LogP contribution in [0.2, 0.25) is 0 Å². The fraction of sp³-hybridized carbons (Fsp3) is 0.345. The molecule has 3 atom stereocenters. The molecule has 42 heavy (non-hydrogen) atoms. The molecule has 2 amide bonds. The third-order valence-electron chi connectivity index (χ3n) is 7.51. The van der Waals surface area contributed by atoms with Gasteiger partial charge in [-0.25, -0.2) is 0 Å². The molecule has 11 nitrogen and oxygen atoms in total. The first-order valence-corrected chi connectivity index (χ1v) is 13.2. The van der Waals surface area contributed by atoms with E-state index in [0.29, 0.717) is 40.3 Å². The van der Waals surface area contributed by atoms with Gasteiger partial charge in [0.2, 0.25) is 5.91 Å². The maximum Gasteiger partial charge on any atom is 0.586 e. The monoisotopic (exact) mass is 583 g/mol. The van der Waals surface area contributed by atoms with Crippen LogP contribution in [0.1, 0.15) is 52.7 Å². The summed E-state index contributed by atoms with van der Waals surface area (Å²) in [6.45, 7) is 1.59. The van der Waals surface area contributed by atoms with E-state index < -0.39 is 23.9 Å². The summed E-state index contributed by atoms with van der Waals surface area (Å²) in [5.74, 6) is 0.210. The lowest BCUT2D eigenvalue weighted by Gasteiger charge is -2.34. The molecule has 3 aliphatic heterocycles. The van der Waals surface area contributed by atoms with E-state index >= 15 is 0 Å². The van der Waals surface area contributed by atoms with Gasteiger partial charge in [0.25, 0.3) is 5.91 Å². The number of carbonyl (C=O) groups excluding carboxylic acids is 2. The van der Waals surface area contributed by atoms with Gasteiger partial charge in [-0.05, 0) is 37.3 Å². The van der Waals surface area contributed by atoms with E-state index in [0.717, 1.165) is 0 Å². The van der Waals surface area contributed by atoms with Gasteiger partial charge in [-0.3, -0.25) is 14.6 Å². The Morgan fingerprint density at radius 2 is 1.88 bits per heavy atom. The summed E-state index contributed by atoms with van der Waals surface area (Å²) in [5.41, 5.74) is 0.759. The summed E-state index contributed by atoms with van der Waals surface area (Å²) in [6.07, 6.45) is -2.65. The van der Waals surface area contributed by atoms with Crippen LogP contribution >= 0.6 is 0 Å². The topological polar surface area (TPSA) is 137 Å². The number of benzene rings is 2. The van der Waals surface area contributed by atoms with Crippen molar-refractivity contribution in [3.63, 3.8) is 0 Å². The highest BCUT2D eigenvalue weighted by atomic mass is 19.3. The van der Waals surface area contributed by atoms with Crippen molar-refractivity contribution >= 4 is 11.8 Å². The van der Waals surface area contributed by atoms with Gasteiger partial charge in [-0.2, -0.15) is 0 Å². The molecule has 4 heterocycles. The molecule has 0 unspecified atom stereocenters. The van der Waals surface area contributed by atoms with Crippen molar-refractivity contribution in [3.05, 3.63) is 71.0 Å². The molecule has 1 aromatic heterocycles. The van der Waals surface area contributed by atoms with Gasteiger partial charge in [-0.15, -0.1) is 8.78 Å². The summed E-state index contributed by atoms with van der Waals surface area (Å²) in [6, 6.07) is 10.7. The molecule has 0 aliphatic carbocycles. The number of ether oxygens (including phenoxy) is 5. The van der Waals surface area contributed by atoms with Crippen LogP contribution in [0.25, 0.3) is 0 Å². The van der Waals surface area contributed by atoms with E-state index in [1.54, 1.807) is 37.3 Å². The summed E-state index contributed by atoms with van der Waals surface area (Å²) >= 11 is 0. The van der Waals surface area contributed by atoms with Gasteiger partial charge in [0.1, 0.15) is 35.4 Å². The van der Waals surface area contributed by atoms with Crippen molar-refractivity contribution in [2.75, 3.05) is 26.9 Å². The number of rotatable bonds is 7. The zero-order chi connectivity index (χ0) is 29.6. The molecule has 220 valence electrons. The number of halogens is 2. The molecule has 0 saturated carbocycles. The van der Waals surface area contributed by atoms with Crippen LogP contribution in [-0.2, 0) is 10.2 Å². The standard InChI is InChI=1S/C29H27F2N3O8/c1-28(14-39-22-12-25-24(10-18(22)28)41-29(30,31)42-25)27(37)34-20-11-23(40-21-9-16(38-2)4-5-17(20)21)19-6-3-15(13-33-19)26(36)32-7-8-35/h3-6,9-10,12-13,20,23,35H,7-8,11,14H2,1-2H3,(H,32,36)(H,34,37)/t20-,23-,28+/m1/s1. The van der Waals surface area contributed by atoms with Crippen LogP contribution in [0.15, 0.2) is 48.7 Å². The van der Waals surface area contributed by atoms with Crippen molar-refractivity contribution in [3.8, 4) is 28.7 Å². The maximum absolute atomic E-state index is 13.9. The second-order valence-corrected chi connectivity index (χ2v) is 10.3. The number of hydrogen-bond donors (Lipinski definition) is 3. The van der Waals surface area contributed by atoms with Gasteiger partial charge in [0.15, 0.2) is 11.5 Å². The smallest absolute Gasteiger partial charge is 0.497 e. The second-order valence-electron chi connectivity index (χ2n) is 10.3. The summed E-state index contributed by atoms with van der Waals surface area (Å²) in [4.78, 5) is 30.5. The molecule has 0 spiro atoms. The highest BCUT2D eigenvalue weighted by molar-refractivity contribution is 5.93. The Hall–Kier alpha value is -4.65. The highest BCUT2D eigenvalue weighted by Gasteiger charge is 2.49. The molecule has 0 saturated heterocycles. The number of fused-ring (bicyclic) bond motifs is 3. The van der Waals surface area contributed by atoms with Crippen LogP contribution in [0.3, 0.4) is 0 Å². The van der Waals surface area contributed by atoms with Gasteiger partial charge in [-0.1, -0.05) is 0 Å². The lowest BCUT2D eigenvalue weighted by atomic mass is 9.82. The van der Waals surface area contributed by atoms with Gasteiger partial charge < -0.3 is 39.4 Å². The van der Waals surface area contributed by atoms with E-state index in [-0.39, 0.29) is 48.8 Å². The average Bonchev–Trinajstić information content (AvgIpc) is 3.48. The molecular weight excluding hydrogens is 556 g/mol. The predicted octanol–water partition coefficient (Wildman–Crippen LogP) is 3.17. The molecule has 0 radical (unpaired) electrons. The first-order valence-electron chi connectivity index (χ1n) is 13.2. The minimum atomic E-state index is -3.80. The zero-order valence-electron chi connectivity index (χ0n) is 22.6. The number of nitrogens with one attached hydrogen (secondary N) is 2. The van der Waals surface area contributed by atoms with E-state index in [9.17, 15) is 18.4 Å². The van der Waals surface area contributed by atoms with E-state index in [2.05, 4.69) is 25.1 Å². The fourth-order valence-electron chi connectivity index (χ4n) is 5.23. The summed E-state index contributed by atoms with van der Waals surface area (Å²) < 4.78 is 53.8. The number of aliphatic hydroxyl groups is 1. The van der Waals surface area contributed by atoms with Crippen molar-refractivity contribution in [1.29, 1.82) is 0 Å². The number of aliphatic hydroxyl groups excluding tert-OH is 1. The summed E-state index contributed by atoms with van der Waals surface area (Å²) in [7, 11) is 1.53. The van der Waals surface area contributed by atoms with Crippen molar-refractivity contribution in [2.24, 2.45) is 0 Å². The molecule has 0 fully saturated rings. The van der Waals surface area contributed by atoms with Gasteiger partial charge >= 0.3 is 6.29 Å². The molecule has 0 bridgehead atoms. The van der Waals surface area contributed by atoms with E-state index in [1.165, 1.54) is 25.4 Å². The zero-order valence-corrected chi connectivity index (χ0v) is 22.6.